The van der Waals surface area contributed by atoms with Crippen molar-refractivity contribution in [2.24, 2.45) is 17.8 Å². The van der Waals surface area contributed by atoms with Crippen LogP contribution in [-0.4, -0.2) is 100 Å². The third kappa shape index (κ3) is 11.5. The van der Waals surface area contributed by atoms with Gasteiger partial charge < -0.3 is 40.2 Å². The predicted molar refractivity (Wildman–Crippen MR) is 160 cm³/mol. The average Bonchev–Trinajstić information content (AvgIpc) is 3.23. The van der Waals surface area contributed by atoms with Crippen LogP contribution in [0, 0.1) is 29.6 Å². The van der Waals surface area contributed by atoms with Gasteiger partial charge in [0, 0.05) is 50.0 Å². The topological polar surface area (TPSA) is 136 Å². The number of urea groups is 1. The molecule has 2 aliphatic carbocycles. The Morgan fingerprint density at radius 1 is 0.857 bits per heavy atom. The summed E-state index contributed by atoms with van der Waals surface area (Å²) < 4.78 is 21.9. The van der Waals surface area contributed by atoms with Crippen molar-refractivity contribution in [3.8, 4) is 11.8 Å². The predicted octanol–water partition coefficient (Wildman–Crippen LogP) is 2.43. The summed E-state index contributed by atoms with van der Waals surface area (Å²) in [6, 6.07) is 0.429. The van der Waals surface area contributed by atoms with Gasteiger partial charge in [0.2, 0.25) is 5.91 Å². The van der Waals surface area contributed by atoms with Crippen LogP contribution in [0.3, 0.4) is 0 Å². The van der Waals surface area contributed by atoms with E-state index in [0.717, 1.165) is 57.1 Å². The summed E-state index contributed by atoms with van der Waals surface area (Å²) in [4.78, 5) is 35.4. The molecule has 4 N–H and O–H groups in total. The lowest BCUT2D eigenvalue weighted by molar-refractivity contribution is -0.121. The molecule has 4 amide bonds. The molecule has 6 atom stereocenters. The van der Waals surface area contributed by atoms with E-state index in [1.807, 2.05) is 11.8 Å². The van der Waals surface area contributed by atoms with Crippen LogP contribution in [0.25, 0.3) is 0 Å². The molecule has 0 aromatic heterocycles. The number of carbonyl (C=O) groups is 3. The molecule has 2 heterocycles. The molecular weight excluding hydrogens is 560 g/mol. The Kier molecular flexibility index (Phi) is 14.4. The molecule has 0 aromatic carbocycles. The average molecular weight is 609 g/mol. The SMILES string of the molecule is O=C(CCCC[C@@H]1SC[C@@H]2NC(=O)N[C@@H]21)NCCCOCCOCCOCCNC(=O)OCC1[C@H]2CCC#CCC[C@@H]12. The van der Waals surface area contributed by atoms with Gasteiger partial charge in [-0.15, -0.1) is 11.8 Å². The Labute approximate surface area is 254 Å². The Bertz CT molecular complexity index is 911. The quantitative estimate of drug-likeness (QED) is 0.0941. The zero-order valence-corrected chi connectivity index (χ0v) is 25.5. The molecule has 0 aromatic rings. The molecule has 11 nitrogen and oxygen atoms in total. The van der Waals surface area contributed by atoms with Gasteiger partial charge in [-0.2, -0.15) is 11.8 Å². The minimum absolute atomic E-state index is 0.0552. The number of ether oxygens (including phenoxy) is 4. The molecule has 4 aliphatic rings. The second-order valence-electron chi connectivity index (χ2n) is 11.4. The first-order chi connectivity index (χ1) is 20.6. The lowest BCUT2D eigenvalue weighted by Crippen LogP contribution is -2.36. The standard InChI is InChI=1S/C30H48N4O7S/c35-27(11-6-5-10-26-28-25(21-42-26)33-29(36)34-28)31-12-7-14-38-16-18-40-19-17-39-15-13-32-30(37)41-20-24-22-8-3-1-2-4-9-23(22)24/h22-26,28H,3-21H2,(H,31,35)(H,32,37)(H2,33,34,36)/t22-,23+,24?,25-,26-,28-/m0/s1. The fourth-order valence-corrected chi connectivity index (χ4v) is 7.58. The fourth-order valence-electron chi connectivity index (χ4n) is 6.04. The maximum Gasteiger partial charge on any atom is 0.407 e. The second kappa shape index (κ2) is 18.5. The highest BCUT2D eigenvalue weighted by Crippen LogP contribution is 2.52. The van der Waals surface area contributed by atoms with Crippen molar-refractivity contribution in [1.29, 1.82) is 0 Å². The number of hydrogen-bond donors (Lipinski definition) is 4. The van der Waals surface area contributed by atoms with Crippen LogP contribution < -0.4 is 21.3 Å². The smallest absolute Gasteiger partial charge is 0.407 e. The minimum atomic E-state index is -0.380. The van der Waals surface area contributed by atoms with E-state index in [1.54, 1.807) is 0 Å². The van der Waals surface area contributed by atoms with Crippen LogP contribution in [0.15, 0.2) is 0 Å². The Balaban J connectivity index is 0.838. The van der Waals surface area contributed by atoms with Gasteiger partial charge >= 0.3 is 12.1 Å². The number of nitrogens with one attached hydrogen (secondary N) is 4. The summed E-state index contributed by atoms with van der Waals surface area (Å²) in [5.41, 5.74) is 0. The van der Waals surface area contributed by atoms with Gasteiger partial charge in [-0.1, -0.05) is 6.42 Å². The summed E-state index contributed by atoms with van der Waals surface area (Å²) in [5.74, 6) is 9.28. The number of amides is 4. The Morgan fingerprint density at radius 2 is 1.57 bits per heavy atom. The molecule has 236 valence electrons. The summed E-state index contributed by atoms with van der Waals surface area (Å²) in [5, 5.41) is 12.1. The van der Waals surface area contributed by atoms with Crippen LogP contribution in [0.2, 0.25) is 0 Å². The van der Waals surface area contributed by atoms with E-state index < -0.39 is 0 Å². The van der Waals surface area contributed by atoms with Crippen molar-refractivity contribution in [2.75, 3.05) is 65.1 Å². The summed E-state index contributed by atoms with van der Waals surface area (Å²) in [7, 11) is 0. The van der Waals surface area contributed by atoms with Gasteiger partial charge in [0.25, 0.3) is 0 Å². The van der Waals surface area contributed by atoms with Crippen molar-refractivity contribution in [3.05, 3.63) is 0 Å². The normalized spacial score (nSPS) is 27.3. The zero-order valence-electron chi connectivity index (χ0n) is 24.7. The van der Waals surface area contributed by atoms with E-state index in [9.17, 15) is 14.4 Å². The Morgan fingerprint density at radius 3 is 2.33 bits per heavy atom. The maximum absolute atomic E-state index is 12.0. The van der Waals surface area contributed by atoms with E-state index >= 15 is 0 Å². The van der Waals surface area contributed by atoms with Crippen LogP contribution in [0.5, 0.6) is 0 Å². The van der Waals surface area contributed by atoms with E-state index in [0.29, 0.717) is 88.8 Å². The number of alkyl carbamates (subject to hydrolysis) is 1. The molecule has 42 heavy (non-hydrogen) atoms. The van der Waals surface area contributed by atoms with Gasteiger partial charge in [-0.05, 0) is 49.9 Å². The van der Waals surface area contributed by atoms with Crippen molar-refractivity contribution in [2.45, 2.75) is 75.1 Å². The summed E-state index contributed by atoms with van der Waals surface area (Å²) in [6.45, 7) is 4.37. The van der Waals surface area contributed by atoms with Crippen LogP contribution >= 0.6 is 11.8 Å². The van der Waals surface area contributed by atoms with Crippen LogP contribution in [0.4, 0.5) is 9.59 Å². The minimum Gasteiger partial charge on any atom is -0.449 e. The highest BCUT2D eigenvalue weighted by Gasteiger charge is 2.49. The zero-order chi connectivity index (χ0) is 29.4. The second-order valence-corrected chi connectivity index (χ2v) is 12.6. The lowest BCUT2D eigenvalue weighted by Gasteiger charge is -2.16. The van der Waals surface area contributed by atoms with E-state index in [2.05, 4.69) is 33.1 Å². The molecule has 1 saturated carbocycles. The van der Waals surface area contributed by atoms with Gasteiger partial charge in [0.15, 0.2) is 0 Å². The Hall–Kier alpha value is -2.20. The molecule has 2 saturated heterocycles. The molecule has 0 radical (unpaired) electrons. The van der Waals surface area contributed by atoms with E-state index in [1.165, 1.54) is 0 Å². The van der Waals surface area contributed by atoms with E-state index in [4.69, 9.17) is 18.9 Å². The monoisotopic (exact) mass is 608 g/mol. The number of carbonyl (C=O) groups excluding carboxylic acids is 3. The highest BCUT2D eigenvalue weighted by atomic mass is 32.2. The number of rotatable bonds is 20. The largest absolute Gasteiger partial charge is 0.449 e. The van der Waals surface area contributed by atoms with Crippen molar-refractivity contribution in [1.82, 2.24) is 21.3 Å². The van der Waals surface area contributed by atoms with Crippen molar-refractivity contribution >= 4 is 29.8 Å². The van der Waals surface area contributed by atoms with Crippen LogP contribution in [-0.2, 0) is 23.7 Å². The first-order valence-electron chi connectivity index (χ1n) is 15.7. The third-order valence-electron chi connectivity index (χ3n) is 8.37. The van der Waals surface area contributed by atoms with Gasteiger partial charge in [-0.25, -0.2) is 9.59 Å². The van der Waals surface area contributed by atoms with Gasteiger partial charge in [-0.3, -0.25) is 4.79 Å². The van der Waals surface area contributed by atoms with Crippen molar-refractivity contribution < 1.29 is 33.3 Å². The molecule has 1 unspecified atom stereocenters. The molecular formula is C30H48N4O7S. The molecule has 0 bridgehead atoms. The highest BCUT2D eigenvalue weighted by molar-refractivity contribution is 8.00. The summed E-state index contributed by atoms with van der Waals surface area (Å²) >= 11 is 1.91. The molecule has 4 rings (SSSR count). The first kappa shape index (κ1) is 32.7. The number of hydrogen-bond acceptors (Lipinski definition) is 8. The van der Waals surface area contributed by atoms with Crippen LogP contribution in [0.1, 0.15) is 57.8 Å². The van der Waals surface area contributed by atoms with Gasteiger partial charge in [0.1, 0.15) is 0 Å². The number of thioether (sulfide) groups is 1. The number of fused-ring (bicyclic) bond motifs is 2. The molecule has 2 aliphatic heterocycles. The third-order valence-corrected chi connectivity index (χ3v) is 9.88. The first-order valence-corrected chi connectivity index (χ1v) is 16.7. The molecule has 12 heteroatoms. The number of unbranched alkanes of at least 4 members (excludes halogenated alkanes) is 1. The van der Waals surface area contributed by atoms with Crippen molar-refractivity contribution in [3.63, 3.8) is 0 Å². The van der Waals surface area contributed by atoms with Gasteiger partial charge in [0.05, 0.1) is 51.7 Å². The fraction of sp³-hybridized carbons (Fsp3) is 0.833. The molecule has 3 fully saturated rings. The lowest BCUT2D eigenvalue weighted by atomic mass is 10.0. The summed E-state index contributed by atoms with van der Waals surface area (Å²) in [6.07, 6.45) is 7.96. The maximum atomic E-state index is 12.0. The molecule has 0 spiro atoms. The van der Waals surface area contributed by atoms with E-state index in [-0.39, 0.29) is 30.1 Å².